The van der Waals surface area contributed by atoms with Gasteiger partial charge in [-0.25, -0.2) is 8.42 Å². The summed E-state index contributed by atoms with van der Waals surface area (Å²) in [5.41, 5.74) is 2.03. The lowest BCUT2D eigenvalue weighted by molar-refractivity contribution is -0.384. The van der Waals surface area contributed by atoms with Gasteiger partial charge in [-0.2, -0.15) is 0 Å². The van der Waals surface area contributed by atoms with Crippen molar-refractivity contribution < 1.29 is 18.1 Å². The summed E-state index contributed by atoms with van der Waals surface area (Å²) >= 11 is 6.09. The largest absolute Gasteiger partial charge is 0.321 e. The van der Waals surface area contributed by atoms with Gasteiger partial charge >= 0.3 is 0 Å². The second-order valence-corrected chi connectivity index (χ2v) is 8.89. The zero-order chi connectivity index (χ0) is 22.8. The Labute approximate surface area is 184 Å². The van der Waals surface area contributed by atoms with Crippen LogP contribution in [-0.2, 0) is 10.0 Å². The van der Waals surface area contributed by atoms with E-state index >= 15 is 0 Å². The highest BCUT2D eigenvalue weighted by Gasteiger charge is 2.21. The number of benzene rings is 3. The molecule has 0 spiro atoms. The minimum Gasteiger partial charge on any atom is -0.321 e. The molecule has 3 aromatic carbocycles. The Morgan fingerprint density at radius 3 is 2.32 bits per heavy atom. The fraction of sp³-hybridized carbons (Fsp3) is 0.0952. The molecule has 3 aromatic rings. The van der Waals surface area contributed by atoms with Crippen molar-refractivity contribution in [2.45, 2.75) is 18.7 Å². The van der Waals surface area contributed by atoms with Crippen LogP contribution in [0.5, 0.6) is 0 Å². The Balaban J connectivity index is 1.90. The van der Waals surface area contributed by atoms with Gasteiger partial charge < -0.3 is 5.32 Å². The third-order valence-electron chi connectivity index (χ3n) is 4.47. The molecule has 10 heteroatoms. The van der Waals surface area contributed by atoms with E-state index in [2.05, 4.69) is 10.0 Å². The Bertz CT molecular complexity index is 1270. The zero-order valence-corrected chi connectivity index (χ0v) is 18.1. The zero-order valence-electron chi connectivity index (χ0n) is 16.5. The molecule has 0 bridgehead atoms. The number of aryl methyl sites for hydroxylation is 2. The highest BCUT2D eigenvalue weighted by Crippen LogP contribution is 2.27. The number of nitrogens with zero attached hydrogens (tertiary/aromatic N) is 1. The molecule has 160 valence electrons. The highest BCUT2D eigenvalue weighted by atomic mass is 35.5. The maximum atomic E-state index is 12.8. The van der Waals surface area contributed by atoms with E-state index in [1.54, 1.807) is 31.2 Å². The molecule has 0 heterocycles. The van der Waals surface area contributed by atoms with Crippen molar-refractivity contribution in [2.24, 2.45) is 0 Å². The van der Waals surface area contributed by atoms with Gasteiger partial charge in [0.2, 0.25) is 0 Å². The van der Waals surface area contributed by atoms with Crippen molar-refractivity contribution in [3.63, 3.8) is 0 Å². The number of amides is 1. The minimum absolute atomic E-state index is 0.0274. The summed E-state index contributed by atoms with van der Waals surface area (Å²) < 4.78 is 28.1. The third-order valence-corrected chi connectivity index (χ3v) is 6.33. The van der Waals surface area contributed by atoms with E-state index in [-0.39, 0.29) is 26.9 Å². The number of hydrogen-bond donors (Lipinski definition) is 2. The van der Waals surface area contributed by atoms with Crippen molar-refractivity contribution in [2.75, 3.05) is 10.0 Å². The van der Waals surface area contributed by atoms with Crippen LogP contribution in [0.3, 0.4) is 0 Å². The first kappa shape index (κ1) is 22.3. The number of nitro groups is 1. The molecule has 0 atom stereocenters. The summed E-state index contributed by atoms with van der Waals surface area (Å²) in [6.45, 7) is 3.56. The number of anilines is 2. The number of carbonyl (C=O) groups excluding carboxylic acids is 1. The Morgan fingerprint density at radius 1 is 1.00 bits per heavy atom. The number of hydrogen-bond acceptors (Lipinski definition) is 5. The lowest BCUT2D eigenvalue weighted by atomic mass is 10.1. The molecule has 0 aliphatic rings. The van der Waals surface area contributed by atoms with E-state index in [0.717, 1.165) is 11.6 Å². The highest BCUT2D eigenvalue weighted by molar-refractivity contribution is 7.92. The number of carbonyl (C=O) groups is 1. The van der Waals surface area contributed by atoms with Gasteiger partial charge in [0.25, 0.3) is 21.6 Å². The maximum Gasteiger partial charge on any atom is 0.271 e. The van der Waals surface area contributed by atoms with Gasteiger partial charge in [0.1, 0.15) is 4.90 Å². The molecule has 0 aliphatic heterocycles. The standard InChI is InChI=1S/C21H18ClN3O5S/c1-13-3-7-16(8-4-13)24-31(29,30)20-11-15(6-10-18(20)22)21(26)23-19-12-17(25(27)28)9-5-14(19)2/h3-12,24H,1-2H3,(H,23,26). The average Bonchev–Trinajstić information content (AvgIpc) is 2.71. The van der Waals surface area contributed by atoms with E-state index in [1.165, 1.54) is 30.3 Å². The van der Waals surface area contributed by atoms with Crippen LogP contribution in [0.15, 0.2) is 65.6 Å². The third kappa shape index (κ3) is 5.19. The van der Waals surface area contributed by atoms with Crippen molar-refractivity contribution in [3.8, 4) is 0 Å². The predicted octanol–water partition coefficient (Wildman–Crippen LogP) is 4.92. The van der Waals surface area contributed by atoms with Crippen molar-refractivity contribution >= 4 is 44.6 Å². The predicted molar refractivity (Wildman–Crippen MR) is 119 cm³/mol. The molecular formula is C21H18ClN3O5S. The lowest BCUT2D eigenvalue weighted by Gasteiger charge is -2.12. The van der Waals surface area contributed by atoms with Gasteiger partial charge in [-0.3, -0.25) is 19.6 Å². The molecular weight excluding hydrogens is 442 g/mol. The van der Waals surface area contributed by atoms with Crippen LogP contribution in [0, 0.1) is 24.0 Å². The quantitative estimate of drug-likeness (QED) is 0.400. The van der Waals surface area contributed by atoms with Gasteiger partial charge in [0.15, 0.2) is 0 Å². The summed E-state index contributed by atoms with van der Waals surface area (Å²) in [6.07, 6.45) is 0. The molecule has 8 nitrogen and oxygen atoms in total. The van der Waals surface area contributed by atoms with Crippen LogP contribution in [0.4, 0.5) is 17.1 Å². The Kier molecular flexibility index (Phi) is 6.28. The van der Waals surface area contributed by atoms with Gasteiger partial charge in [0.05, 0.1) is 15.6 Å². The molecule has 0 aliphatic carbocycles. The van der Waals surface area contributed by atoms with Gasteiger partial charge in [0, 0.05) is 23.4 Å². The van der Waals surface area contributed by atoms with Gasteiger partial charge in [-0.1, -0.05) is 35.4 Å². The molecule has 31 heavy (non-hydrogen) atoms. The first-order valence-corrected chi connectivity index (χ1v) is 10.9. The molecule has 0 radical (unpaired) electrons. The first-order chi connectivity index (χ1) is 14.6. The van der Waals surface area contributed by atoms with Crippen LogP contribution < -0.4 is 10.0 Å². The molecule has 3 rings (SSSR count). The Morgan fingerprint density at radius 2 is 1.68 bits per heavy atom. The second-order valence-electron chi connectivity index (χ2n) is 6.83. The van der Waals surface area contributed by atoms with E-state index in [1.807, 2.05) is 6.92 Å². The molecule has 0 saturated carbocycles. The van der Waals surface area contributed by atoms with E-state index in [9.17, 15) is 23.3 Å². The summed E-state index contributed by atoms with van der Waals surface area (Å²) in [6, 6.07) is 14.6. The summed E-state index contributed by atoms with van der Waals surface area (Å²) in [7, 11) is -4.06. The summed E-state index contributed by atoms with van der Waals surface area (Å²) in [5, 5.41) is 13.5. The fourth-order valence-electron chi connectivity index (χ4n) is 2.73. The maximum absolute atomic E-state index is 12.8. The molecule has 1 amide bonds. The number of sulfonamides is 1. The first-order valence-electron chi connectivity index (χ1n) is 9.02. The van der Waals surface area contributed by atoms with Crippen LogP contribution in [0.25, 0.3) is 0 Å². The summed E-state index contributed by atoms with van der Waals surface area (Å²) in [5.74, 6) is -0.632. The van der Waals surface area contributed by atoms with Crippen LogP contribution in [0.2, 0.25) is 5.02 Å². The SMILES string of the molecule is Cc1ccc(NS(=O)(=O)c2cc(C(=O)Nc3cc([N+](=O)[O-])ccc3C)ccc2Cl)cc1. The number of nitrogens with one attached hydrogen (secondary N) is 2. The monoisotopic (exact) mass is 459 g/mol. The molecule has 0 fully saturated rings. The average molecular weight is 460 g/mol. The minimum atomic E-state index is -4.06. The second kappa shape index (κ2) is 8.75. The van der Waals surface area contributed by atoms with E-state index < -0.39 is 20.9 Å². The molecule has 2 N–H and O–H groups in total. The van der Waals surface area contributed by atoms with E-state index in [4.69, 9.17) is 11.6 Å². The number of non-ortho nitro benzene ring substituents is 1. The van der Waals surface area contributed by atoms with Crippen LogP contribution in [-0.4, -0.2) is 19.2 Å². The van der Waals surface area contributed by atoms with Gasteiger partial charge in [-0.15, -0.1) is 0 Å². The molecule has 0 unspecified atom stereocenters. The van der Waals surface area contributed by atoms with Crippen LogP contribution >= 0.6 is 11.6 Å². The number of rotatable bonds is 6. The van der Waals surface area contributed by atoms with Crippen molar-refractivity contribution in [1.29, 1.82) is 0 Å². The normalized spacial score (nSPS) is 11.1. The topological polar surface area (TPSA) is 118 Å². The number of halogens is 1. The van der Waals surface area contributed by atoms with Gasteiger partial charge in [-0.05, 0) is 49.7 Å². The summed E-state index contributed by atoms with van der Waals surface area (Å²) in [4.78, 5) is 22.8. The van der Waals surface area contributed by atoms with Crippen LogP contribution in [0.1, 0.15) is 21.5 Å². The Hall–Kier alpha value is -3.43. The fourth-order valence-corrected chi connectivity index (χ4v) is 4.32. The number of nitro benzene ring substituents is 1. The smallest absolute Gasteiger partial charge is 0.271 e. The lowest BCUT2D eigenvalue weighted by Crippen LogP contribution is -2.17. The van der Waals surface area contributed by atoms with Crippen molar-refractivity contribution in [3.05, 3.63) is 92.5 Å². The van der Waals surface area contributed by atoms with Crippen molar-refractivity contribution in [1.82, 2.24) is 0 Å². The molecule has 0 saturated heterocycles. The van der Waals surface area contributed by atoms with E-state index in [0.29, 0.717) is 11.3 Å². The molecule has 0 aromatic heterocycles.